The fourth-order valence-corrected chi connectivity index (χ4v) is 4.55. The number of nitrogens with zero attached hydrogens (tertiary/aromatic N) is 1. The molecule has 3 aromatic carbocycles. The number of carbonyl (C=O) groups is 2. The normalized spacial score (nSPS) is 17.5. The fourth-order valence-electron chi connectivity index (χ4n) is 4.37. The minimum atomic E-state index is -0.803. The molecule has 0 aromatic heterocycles. The molecule has 0 bridgehead atoms. The molecular formula is C28H26ClNO4. The molecule has 4 rings (SSSR count). The van der Waals surface area contributed by atoms with Crippen LogP contribution in [0, 0.1) is 6.92 Å². The molecule has 3 aromatic rings. The van der Waals surface area contributed by atoms with Crippen molar-refractivity contribution in [2.45, 2.75) is 32.7 Å². The average Bonchev–Trinajstić information content (AvgIpc) is 3.08. The van der Waals surface area contributed by atoms with E-state index in [-0.39, 0.29) is 17.3 Å². The summed E-state index contributed by atoms with van der Waals surface area (Å²) in [4.78, 5) is 28.0. The Morgan fingerprint density at radius 2 is 1.76 bits per heavy atom. The Morgan fingerprint density at radius 3 is 2.41 bits per heavy atom. The number of aryl methyl sites for hydroxylation is 1. The second-order valence-electron chi connectivity index (χ2n) is 8.67. The number of benzene rings is 3. The van der Waals surface area contributed by atoms with Crippen molar-refractivity contribution in [2.24, 2.45) is 0 Å². The summed E-state index contributed by atoms with van der Waals surface area (Å²) in [7, 11) is 1.59. The van der Waals surface area contributed by atoms with Gasteiger partial charge >= 0.3 is 0 Å². The number of carbonyl (C=O) groups excluding carboxylic acids is 2. The second kappa shape index (κ2) is 9.35. The van der Waals surface area contributed by atoms with Crippen LogP contribution in [-0.2, 0) is 9.59 Å². The van der Waals surface area contributed by atoms with Crippen LogP contribution in [0.5, 0.6) is 5.75 Å². The number of rotatable bonds is 5. The minimum absolute atomic E-state index is 0.0375. The van der Waals surface area contributed by atoms with E-state index < -0.39 is 17.7 Å². The van der Waals surface area contributed by atoms with Gasteiger partial charge in [0.25, 0.3) is 11.7 Å². The van der Waals surface area contributed by atoms with Crippen LogP contribution in [0.2, 0.25) is 5.02 Å². The molecule has 1 aliphatic rings. The quantitative estimate of drug-likeness (QED) is 0.263. The maximum absolute atomic E-state index is 13.3. The molecule has 6 heteroatoms. The highest BCUT2D eigenvalue weighted by Gasteiger charge is 2.47. The Morgan fingerprint density at radius 1 is 1.03 bits per heavy atom. The number of aliphatic hydroxyl groups is 1. The lowest BCUT2D eigenvalue weighted by molar-refractivity contribution is -0.132. The molecule has 1 aliphatic heterocycles. The topological polar surface area (TPSA) is 66.8 Å². The van der Waals surface area contributed by atoms with Crippen LogP contribution in [0.25, 0.3) is 5.76 Å². The molecule has 1 amide bonds. The average molecular weight is 476 g/mol. The van der Waals surface area contributed by atoms with E-state index in [0.717, 1.165) is 16.7 Å². The van der Waals surface area contributed by atoms with Gasteiger partial charge in [0.2, 0.25) is 0 Å². The zero-order valence-electron chi connectivity index (χ0n) is 19.5. The highest BCUT2D eigenvalue weighted by atomic mass is 35.5. The molecule has 174 valence electrons. The summed E-state index contributed by atoms with van der Waals surface area (Å²) in [6, 6.07) is 18.8. The highest BCUT2D eigenvalue weighted by molar-refractivity contribution is 6.51. The van der Waals surface area contributed by atoms with Crippen LogP contribution in [0.3, 0.4) is 0 Å². The number of amides is 1. The first-order valence-corrected chi connectivity index (χ1v) is 11.4. The van der Waals surface area contributed by atoms with E-state index in [9.17, 15) is 14.7 Å². The minimum Gasteiger partial charge on any atom is -0.507 e. The second-order valence-corrected chi connectivity index (χ2v) is 9.11. The van der Waals surface area contributed by atoms with Crippen molar-refractivity contribution < 1.29 is 19.4 Å². The van der Waals surface area contributed by atoms with Crippen LogP contribution in [-0.4, -0.2) is 23.9 Å². The van der Waals surface area contributed by atoms with Gasteiger partial charge in [0.05, 0.1) is 18.7 Å². The number of Topliss-reactive ketones (excluding diaryl/α,β-unsaturated/α-hetero) is 1. The summed E-state index contributed by atoms with van der Waals surface area (Å²) >= 11 is 6.20. The summed E-state index contributed by atoms with van der Waals surface area (Å²) in [5.41, 5.74) is 3.56. The van der Waals surface area contributed by atoms with Crippen LogP contribution < -0.4 is 9.64 Å². The molecule has 1 unspecified atom stereocenters. The molecule has 0 radical (unpaired) electrons. The molecule has 0 spiro atoms. The number of ether oxygens (including phenoxy) is 1. The maximum Gasteiger partial charge on any atom is 0.300 e. The fraction of sp³-hybridized carbons (Fsp3) is 0.214. The Bertz CT molecular complexity index is 1310. The molecule has 1 saturated heterocycles. The highest BCUT2D eigenvalue weighted by Crippen LogP contribution is 2.43. The predicted octanol–water partition coefficient (Wildman–Crippen LogP) is 6.41. The lowest BCUT2D eigenvalue weighted by Crippen LogP contribution is -2.29. The molecule has 0 aliphatic carbocycles. The third-order valence-corrected chi connectivity index (χ3v) is 6.25. The van der Waals surface area contributed by atoms with Crippen molar-refractivity contribution in [3.05, 3.63) is 99.6 Å². The van der Waals surface area contributed by atoms with Crippen molar-refractivity contribution in [2.75, 3.05) is 12.0 Å². The number of hydrogen-bond donors (Lipinski definition) is 1. The summed E-state index contributed by atoms with van der Waals surface area (Å²) in [6.07, 6.45) is 0. The third kappa shape index (κ3) is 4.19. The summed E-state index contributed by atoms with van der Waals surface area (Å²) in [6.45, 7) is 5.98. The molecule has 1 atom stereocenters. The van der Waals surface area contributed by atoms with Crippen LogP contribution >= 0.6 is 11.6 Å². The van der Waals surface area contributed by atoms with E-state index in [1.807, 2.05) is 45.0 Å². The number of aliphatic hydroxyl groups excluding tert-OH is 1. The van der Waals surface area contributed by atoms with Crippen molar-refractivity contribution in [1.29, 1.82) is 0 Å². The number of ketones is 1. The van der Waals surface area contributed by atoms with Crippen molar-refractivity contribution in [3.8, 4) is 5.75 Å². The molecule has 0 saturated carbocycles. The lowest BCUT2D eigenvalue weighted by Gasteiger charge is -2.26. The third-order valence-electron chi connectivity index (χ3n) is 6.01. The van der Waals surface area contributed by atoms with Gasteiger partial charge in [-0.1, -0.05) is 61.3 Å². The molecule has 1 fully saturated rings. The first kappa shape index (κ1) is 23.6. The van der Waals surface area contributed by atoms with Gasteiger partial charge in [-0.25, -0.2) is 0 Å². The van der Waals surface area contributed by atoms with E-state index in [1.165, 1.54) is 4.90 Å². The van der Waals surface area contributed by atoms with Gasteiger partial charge in [0.15, 0.2) is 0 Å². The van der Waals surface area contributed by atoms with Gasteiger partial charge in [0, 0.05) is 16.3 Å². The number of halogens is 1. The van der Waals surface area contributed by atoms with E-state index in [0.29, 0.717) is 22.0 Å². The van der Waals surface area contributed by atoms with Crippen LogP contribution in [0.1, 0.15) is 48.1 Å². The van der Waals surface area contributed by atoms with E-state index in [4.69, 9.17) is 16.3 Å². The molecule has 34 heavy (non-hydrogen) atoms. The Hall–Kier alpha value is -3.57. The van der Waals surface area contributed by atoms with Crippen molar-refractivity contribution in [3.63, 3.8) is 0 Å². The van der Waals surface area contributed by atoms with Gasteiger partial charge in [-0.2, -0.15) is 0 Å². The number of methoxy groups -OCH3 is 1. The Kier molecular flexibility index (Phi) is 6.49. The first-order chi connectivity index (χ1) is 16.2. The maximum atomic E-state index is 13.3. The zero-order valence-corrected chi connectivity index (χ0v) is 20.3. The zero-order chi connectivity index (χ0) is 24.6. The van der Waals surface area contributed by atoms with E-state index in [1.54, 1.807) is 49.6 Å². The van der Waals surface area contributed by atoms with Crippen molar-refractivity contribution in [1.82, 2.24) is 0 Å². The lowest BCUT2D eigenvalue weighted by atomic mass is 9.92. The predicted molar refractivity (Wildman–Crippen MR) is 134 cm³/mol. The van der Waals surface area contributed by atoms with Crippen LogP contribution in [0.15, 0.2) is 72.3 Å². The van der Waals surface area contributed by atoms with Gasteiger partial charge < -0.3 is 9.84 Å². The molecule has 1 N–H and O–H groups in total. The van der Waals surface area contributed by atoms with E-state index >= 15 is 0 Å². The van der Waals surface area contributed by atoms with Crippen LogP contribution in [0.4, 0.5) is 5.69 Å². The number of anilines is 1. The molecular weight excluding hydrogens is 450 g/mol. The summed E-state index contributed by atoms with van der Waals surface area (Å²) in [5, 5.41) is 11.9. The SMILES string of the molecule is COc1ccc(/C(O)=C2/C(=O)C(=O)N(c3cccc(Cl)c3)C2c2cccc(C)c2)cc1C(C)C. The smallest absolute Gasteiger partial charge is 0.300 e. The van der Waals surface area contributed by atoms with E-state index in [2.05, 4.69) is 0 Å². The Labute approximate surface area is 204 Å². The first-order valence-electron chi connectivity index (χ1n) is 11.0. The molecule has 5 nitrogen and oxygen atoms in total. The van der Waals surface area contributed by atoms with Gasteiger partial charge in [0.1, 0.15) is 11.5 Å². The number of hydrogen-bond acceptors (Lipinski definition) is 4. The standard InChI is InChI=1S/C28H26ClNO4/c1-16(2)22-14-19(11-12-23(22)34-4)26(31)24-25(18-8-5-7-17(3)13-18)30(28(33)27(24)32)21-10-6-9-20(29)15-21/h5-16,25,31H,1-4H3/b26-24-. The van der Waals surface area contributed by atoms with Crippen molar-refractivity contribution >= 4 is 34.7 Å². The molecule has 1 heterocycles. The monoisotopic (exact) mass is 475 g/mol. The van der Waals surface area contributed by atoms with Gasteiger partial charge in [-0.3, -0.25) is 14.5 Å². The summed E-state index contributed by atoms with van der Waals surface area (Å²) in [5.74, 6) is -0.858. The largest absolute Gasteiger partial charge is 0.507 e. The Balaban J connectivity index is 1.96. The summed E-state index contributed by atoms with van der Waals surface area (Å²) < 4.78 is 5.46. The van der Waals surface area contributed by atoms with Gasteiger partial charge in [-0.05, 0) is 60.4 Å². The van der Waals surface area contributed by atoms with Gasteiger partial charge in [-0.15, -0.1) is 0 Å².